The number of hydrogen-bond donors (Lipinski definition) is 0. The van der Waals surface area contributed by atoms with E-state index < -0.39 is 11.6 Å². The van der Waals surface area contributed by atoms with Gasteiger partial charge in [0, 0.05) is 32.7 Å². The zero-order valence-electron chi connectivity index (χ0n) is 14.6. The van der Waals surface area contributed by atoms with Crippen molar-refractivity contribution in [3.63, 3.8) is 0 Å². The van der Waals surface area contributed by atoms with Gasteiger partial charge in [-0.3, -0.25) is 9.69 Å². The van der Waals surface area contributed by atoms with Crippen LogP contribution in [-0.4, -0.2) is 48.4 Å². The third-order valence-electron chi connectivity index (χ3n) is 4.37. The molecule has 2 aromatic carbocycles. The fourth-order valence-electron chi connectivity index (χ4n) is 2.89. The van der Waals surface area contributed by atoms with Crippen LogP contribution in [0.15, 0.2) is 48.5 Å². The summed E-state index contributed by atoms with van der Waals surface area (Å²) < 4.78 is 26.6. The molecule has 0 unspecified atom stereocenters. The second-order valence-electron chi connectivity index (χ2n) is 6.15. The van der Waals surface area contributed by atoms with Crippen molar-refractivity contribution in [1.29, 1.82) is 0 Å². The first-order valence-electron chi connectivity index (χ1n) is 8.42. The Kier molecular flexibility index (Phi) is 7.78. The van der Waals surface area contributed by atoms with Gasteiger partial charge in [-0.15, -0.1) is 12.4 Å². The highest BCUT2D eigenvalue weighted by Crippen LogP contribution is 2.22. The van der Waals surface area contributed by atoms with Gasteiger partial charge in [-0.25, -0.2) is 8.78 Å². The van der Waals surface area contributed by atoms with Crippen molar-refractivity contribution >= 4 is 36.0 Å². The predicted octanol–water partition coefficient (Wildman–Crippen LogP) is 4.51. The van der Waals surface area contributed by atoms with Crippen molar-refractivity contribution in [1.82, 2.24) is 9.80 Å². The number of carbonyl (C=O) groups is 1. The lowest BCUT2D eigenvalue weighted by Crippen LogP contribution is -2.48. The molecular weight excluding hydrogens is 393 g/mol. The van der Waals surface area contributed by atoms with Gasteiger partial charge in [-0.1, -0.05) is 54.1 Å². The Labute approximate surface area is 168 Å². The topological polar surface area (TPSA) is 23.6 Å². The fraction of sp³-hybridized carbons (Fsp3) is 0.250. The molecule has 1 fully saturated rings. The zero-order chi connectivity index (χ0) is 18.5. The first kappa shape index (κ1) is 21.4. The van der Waals surface area contributed by atoms with Crippen molar-refractivity contribution in [3.8, 4) is 0 Å². The lowest BCUT2D eigenvalue weighted by Gasteiger charge is -2.34. The summed E-state index contributed by atoms with van der Waals surface area (Å²) in [6.45, 7) is 3.27. The molecule has 0 saturated carbocycles. The van der Waals surface area contributed by atoms with Gasteiger partial charge in [0.15, 0.2) is 11.6 Å². The fourth-order valence-corrected chi connectivity index (χ4v) is 3.12. The van der Waals surface area contributed by atoms with E-state index in [4.69, 9.17) is 11.6 Å². The molecule has 7 heteroatoms. The minimum absolute atomic E-state index is 0. The Balaban J connectivity index is 0.00000261. The van der Waals surface area contributed by atoms with Crippen LogP contribution in [-0.2, 0) is 0 Å². The van der Waals surface area contributed by atoms with Crippen molar-refractivity contribution in [2.75, 3.05) is 32.7 Å². The van der Waals surface area contributed by atoms with E-state index in [1.165, 1.54) is 0 Å². The first-order valence-corrected chi connectivity index (χ1v) is 8.80. The Morgan fingerprint density at radius 2 is 1.67 bits per heavy atom. The molecule has 27 heavy (non-hydrogen) atoms. The maximum absolute atomic E-state index is 13.4. The van der Waals surface area contributed by atoms with E-state index >= 15 is 0 Å². The summed E-state index contributed by atoms with van der Waals surface area (Å²) in [6.07, 6.45) is 4.16. The smallest absolute Gasteiger partial charge is 0.255 e. The number of halogens is 4. The summed E-state index contributed by atoms with van der Waals surface area (Å²) in [5.74, 6) is -2.49. The molecule has 0 aromatic heterocycles. The molecule has 1 aliphatic heterocycles. The summed E-state index contributed by atoms with van der Waals surface area (Å²) in [6, 6.07) is 11.8. The average molecular weight is 413 g/mol. The van der Waals surface area contributed by atoms with Crippen molar-refractivity contribution in [2.24, 2.45) is 0 Å². The summed E-state index contributed by atoms with van der Waals surface area (Å²) in [7, 11) is 0. The van der Waals surface area contributed by atoms with Crippen LogP contribution >= 0.6 is 24.0 Å². The monoisotopic (exact) mass is 412 g/mol. The summed E-state index contributed by atoms with van der Waals surface area (Å²) in [5, 5.41) is -0.0675. The van der Waals surface area contributed by atoms with Gasteiger partial charge in [0.05, 0.1) is 10.6 Å². The Bertz CT molecular complexity index is 807. The summed E-state index contributed by atoms with van der Waals surface area (Å²) in [4.78, 5) is 16.4. The lowest BCUT2D eigenvalue weighted by atomic mass is 10.1. The molecule has 0 bridgehead atoms. The second-order valence-corrected chi connectivity index (χ2v) is 6.56. The highest BCUT2D eigenvalue weighted by Gasteiger charge is 2.24. The van der Waals surface area contributed by atoms with Crippen molar-refractivity contribution < 1.29 is 13.6 Å². The zero-order valence-corrected chi connectivity index (χ0v) is 16.1. The highest BCUT2D eigenvalue weighted by molar-refractivity contribution is 6.33. The Morgan fingerprint density at radius 3 is 2.33 bits per heavy atom. The van der Waals surface area contributed by atoms with Crippen molar-refractivity contribution in [3.05, 3.63) is 76.3 Å². The molecule has 1 aliphatic rings. The van der Waals surface area contributed by atoms with E-state index in [1.54, 1.807) is 4.90 Å². The van der Waals surface area contributed by atoms with Crippen LogP contribution in [0.2, 0.25) is 5.02 Å². The van der Waals surface area contributed by atoms with Crippen LogP contribution in [0.3, 0.4) is 0 Å². The molecule has 3 rings (SSSR count). The molecule has 0 N–H and O–H groups in total. The van der Waals surface area contributed by atoms with E-state index in [0.29, 0.717) is 26.2 Å². The number of rotatable bonds is 4. The molecule has 2 aromatic rings. The van der Waals surface area contributed by atoms with Gasteiger partial charge in [-0.2, -0.15) is 0 Å². The number of amides is 1. The first-order chi connectivity index (χ1) is 12.5. The largest absolute Gasteiger partial charge is 0.336 e. The van der Waals surface area contributed by atoms with Crippen LogP contribution in [0.1, 0.15) is 15.9 Å². The molecule has 0 atom stereocenters. The van der Waals surface area contributed by atoms with E-state index in [-0.39, 0.29) is 28.9 Å². The number of carbonyl (C=O) groups excluding carboxylic acids is 1. The molecule has 0 radical (unpaired) electrons. The summed E-state index contributed by atoms with van der Waals surface area (Å²) >= 11 is 5.90. The molecule has 1 heterocycles. The van der Waals surface area contributed by atoms with Crippen LogP contribution in [0, 0.1) is 11.6 Å². The van der Waals surface area contributed by atoms with Crippen LogP contribution < -0.4 is 0 Å². The number of benzene rings is 2. The SMILES string of the molecule is Cl.O=C(c1cc(F)c(F)cc1Cl)N1CCN(CC=Cc2ccccc2)CC1. The average Bonchev–Trinajstić information content (AvgIpc) is 2.66. The molecular formula is C20H20Cl2F2N2O. The maximum atomic E-state index is 13.4. The third-order valence-corrected chi connectivity index (χ3v) is 4.69. The standard InChI is InChI=1S/C20H19ClF2N2O.ClH/c21-17-14-19(23)18(22)13-16(17)20(26)25-11-9-24(10-12-25)8-4-7-15-5-2-1-3-6-15;/h1-7,13-14H,8-12H2;1H. The van der Waals surface area contributed by atoms with E-state index in [1.807, 2.05) is 30.3 Å². The minimum Gasteiger partial charge on any atom is -0.336 e. The molecule has 1 amide bonds. The van der Waals surface area contributed by atoms with Gasteiger partial charge < -0.3 is 4.90 Å². The summed E-state index contributed by atoms with van der Waals surface area (Å²) in [5.41, 5.74) is 1.15. The minimum atomic E-state index is -1.07. The van der Waals surface area contributed by atoms with Crippen LogP contribution in [0.4, 0.5) is 8.78 Å². The molecule has 144 valence electrons. The van der Waals surface area contributed by atoms with Crippen LogP contribution in [0.5, 0.6) is 0 Å². The molecule has 3 nitrogen and oxygen atoms in total. The lowest BCUT2D eigenvalue weighted by molar-refractivity contribution is 0.0650. The molecule has 1 saturated heterocycles. The van der Waals surface area contributed by atoms with Gasteiger partial charge in [0.25, 0.3) is 5.91 Å². The highest BCUT2D eigenvalue weighted by atomic mass is 35.5. The van der Waals surface area contributed by atoms with Gasteiger partial charge >= 0.3 is 0 Å². The Hall–Kier alpha value is -1.95. The quantitative estimate of drug-likeness (QED) is 0.689. The van der Waals surface area contributed by atoms with Gasteiger partial charge in [0.2, 0.25) is 0 Å². The Morgan fingerprint density at radius 1 is 1.04 bits per heavy atom. The number of nitrogens with zero attached hydrogens (tertiary/aromatic N) is 2. The van der Waals surface area contributed by atoms with E-state index in [0.717, 1.165) is 24.2 Å². The predicted molar refractivity (Wildman–Crippen MR) is 106 cm³/mol. The van der Waals surface area contributed by atoms with Gasteiger partial charge in [-0.05, 0) is 17.7 Å². The van der Waals surface area contributed by atoms with E-state index in [9.17, 15) is 13.6 Å². The number of hydrogen-bond acceptors (Lipinski definition) is 2. The van der Waals surface area contributed by atoms with Gasteiger partial charge in [0.1, 0.15) is 0 Å². The third kappa shape index (κ3) is 5.51. The molecule has 0 spiro atoms. The normalized spacial score (nSPS) is 15.0. The molecule has 0 aliphatic carbocycles. The van der Waals surface area contributed by atoms with Crippen LogP contribution in [0.25, 0.3) is 6.08 Å². The second kappa shape index (κ2) is 9.83. The maximum Gasteiger partial charge on any atom is 0.255 e. The van der Waals surface area contributed by atoms with E-state index in [2.05, 4.69) is 17.1 Å². The van der Waals surface area contributed by atoms with Crippen molar-refractivity contribution in [2.45, 2.75) is 0 Å². The number of piperazine rings is 1.